The lowest BCUT2D eigenvalue weighted by molar-refractivity contribution is 0.318. The maximum Gasteiger partial charge on any atom is 0.0328 e. The third-order valence-electron chi connectivity index (χ3n) is 2.89. The number of alkyl halides is 1. The number of likely N-dealkylation sites (tertiary alicyclic amines) is 1. The summed E-state index contributed by atoms with van der Waals surface area (Å²) in [5.41, 5.74) is 0. The monoisotopic (exact) mass is 351 g/mol. The van der Waals surface area contributed by atoms with Gasteiger partial charge in [0.1, 0.15) is 0 Å². The lowest BCUT2D eigenvalue weighted by Gasteiger charge is -2.14. The molecule has 0 bridgehead atoms. The van der Waals surface area contributed by atoms with Gasteiger partial charge < -0.3 is 0 Å². The Balaban J connectivity index is 1.82. The highest BCUT2D eigenvalue weighted by molar-refractivity contribution is 9.10. The molecule has 0 saturated carbocycles. The summed E-state index contributed by atoms with van der Waals surface area (Å²) in [5, 5.41) is 3.32. The fraction of sp³-hybridized carbons (Fsp3) is 0.636. The topological polar surface area (TPSA) is 3.24 Å². The molecule has 0 N–H and O–H groups in total. The fourth-order valence-electron chi connectivity index (χ4n) is 2.10. The Bertz CT molecular complexity index is 313. The normalized spacial score (nSPS) is 22.4. The van der Waals surface area contributed by atoms with Crippen LogP contribution in [0.4, 0.5) is 0 Å². The molecule has 1 aliphatic rings. The van der Waals surface area contributed by atoms with Crippen LogP contribution in [0.25, 0.3) is 0 Å². The maximum absolute atomic E-state index is 3.53. The van der Waals surface area contributed by atoms with Gasteiger partial charge in [-0.25, -0.2) is 0 Å². The molecular weight excluding hydrogens is 338 g/mol. The van der Waals surface area contributed by atoms with E-state index in [9.17, 15) is 0 Å². The zero-order valence-electron chi connectivity index (χ0n) is 8.59. The Morgan fingerprint density at radius 3 is 3.07 bits per heavy atom. The predicted molar refractivity (Wildman–Crippen MR) is 73.8 cm³/mol. The van der Waals surface area contributed by atoms with Gasteiger partial charge in [0.2, 0.25) is 0 Å². The molecule has 1 unspecified atom stereocenters. The molecule has 84 valence electrons. The van der Waals surface area contributed by atoms with Crippen molar-refractivity contribution < 1.29 is 0 Å². The Kier molecular flexibility index (Phi) is 4.68. The molecule has 0 amide bonds. The molecule has 2 heterocycles. The first kappa shape index (κ1) is 12.1. The van der Waals surface area contributed by atoms with Gasteiger partial charge in [-0.15, -0.1) is 11.3 Å². The summed E-state index contributed by atoms with van der Waals surface area (Å²) in [6.07, 6.45) is 2.70. The minimum Gasteiger partial charge on any atom is -0.298 e. The molecule has 2 rings (SSSR count). The van der Waals surface area contributed by atoms with Crippen molar-refractivity contribution in [2.24, 2.45) is 5.92 Å². The number of thiophene rings is 1. The smallest absolute Gasteiger partial charge is 0.0328 e. The van der Waals surface area contributed by atoms with E-state index in [0.29, 0.717) is 0 Å². The molecule has 1 aliphatic heterocycles. The second kappa shape index (κ2) is 5.80. The van der Waals surface area contributed by atoms with E-state index in [1.807, 2.05) is 11.3 Å². The summed E-state index contributed by atoms with van der Waals surface area (Å²) in [4.78, 5) is 4.05. The SMILES string of the molecule is BrCCC1CCN(Cc2cc(Br)cs2)C1. The van der Waals surface area contributed by atoms with Crippen LogP contribution in [-0.2, 0) is 6.54 Å². The van der Waals surface area contributed by atoms with Crippen LogP contribution in [0, 0.1) is 5.92 Å². The first-order chi connectivity index (χ1) is 7.28. The predicted octanol–water partition coefficient (Wildman–Crippen LogP) is 4.12. The van der Waals surface area contributed by atoms with E-state index in [1.165, 1.54) is 35.3 Å². The van der Waals surface area contributed by atoms with Gasteiger partial charge in [-0.1, -0.05) is 15.9 Å². The molecule has 1 aromatic heterocycles. The number of hydrogen-bond acceptors (Lipinski definition) is 2. The summed E-state index contributed by atoms with van der Waals surface area (Å²) in [5.74, 6) is 0.910. The van der Waals surface area contributed by atoms with E-state index in [4.69, 9.17) is 0 Å². The second-order valence-corrected chi connectivity index (χ2v) is 6.80. The average Bonchev–Trinajstić information content (AvgIpc) is 2.78. The molecular formula is C11H15Br2NS. The molecule has 0 aliphatic carbocycles. The van der Waals surface area contributed by atoms with Gasteiger partial charge in [0.25, 0.3) is 0 Å². The maximum atomic E-state index is 3.53. The zero-order valence-corrected chi connectivity index (χ0v) is 12.6. The highest BCUT2D eigenvalue weighted by Crippen LogP contribution is 2.25. The van der Waals surface area contributed by atoms with Crippen molar-refractivity contribution in [1.29, 1.82) is 0 Å². The highest BCUT2D eigenvalue weighted by atomic mass is 79.9. The fourth-order valence-corrected chi connectivity index (χ4v) is 4.24. The van der Waals surface area contributed by atoms with Gasteiger partial charge >= 0.3 is 0 Å². The van der Waals surface area contributed by atoms with Crippen LogP contribution in [0.1, 0.15) is 17.7 Å². The molecule has 0 spiro atoms. The molecule has 0 aromatic carbocycles. The Morgan fingerprint density at radius 1 is 1.53 bits per heavy atom. The molecule has 0 radical (unpaired) electrons. The highest BCUT2D eigenvalue weighted by Gasteiger charge is 2.21. The van der Waals surface area contributed by atoms with Crippen molar-refractivity contribution in [3.63, 3.8) is 0 Å². The lowest BCUT2D eigenvalue weighted by atomic mass is 10.1. The average molecular weight is 353 g/mol. The molecule has 1 saturated heterocycles. The van der Waals surface area contributed by atoms with Crippen LogP contribution < -0.4 is 0 Å². The summed E-state index contributed by atoms with van der Waals surface area (Å²) in [7, 11) is 0. The molecule has 1 aromatic rings. The molecule has 1 atom stereocenters. The van der Waals surface area contributed by atoms with Crippen LogP contribution in [0.15, 0.2) is 15.9 Å². The van der Waals surface area contributed by atoms with Gasteiger partial charge in [-0.3, -0.25) is 4.90 Å². The first-order valence-electron chi connectivity index (χ1n) is 5.29. The summed E-state index contributed by atoms with van der Waals surface area (Å²) >= 11 is 8.88. The number of rotatable bonds is 4. The summed E-state index contributed by atoms with van der Waals surface area (Å²) in [6.45, 7) is 3.68. The van der Waals surface area contributed by atoms with Crippen LogP contribution in [-0.4, -0.2) is 23.3 Å². The van der Waals surface area contributed by atoms with E-state index in [-0.39, 0.29) is 0 Å². The van der Waals surface area contributed by atoms with Gasteiger partial charge in [-0.2, -0.15) is 0 Å². The van der Waals surface area contributed by atoms with Gasteiger partial charge in [0.15, 0.2) is 0 Å². The number of nitrogens with zero attached hydrogens (tertiary/aromatic N) is 1. The zero-order chi connectivity index (χ0) is 10.7. The summed E-state index contributed by atoms with van der Waals surface area (Å²) < 4.78 is 1.22. The van der Waals surface area contributed by atoms with E-state index in [1.54, 1.807) is 0 Å². The van der Waals surface area contributed by atoms with Gasteiger partial charge in [0, 0.05) is 33.1 Å². The minimum absolute atomic E-state index is 0.910. The summed E-state index contributed by atoms with van der Waals surface area (Å²) in [6, 6.07) is 2.24. The minimum atomic E-state index is 0.910. The van der Waals surface area contributed by atoms with Gasteiger partial charge in [-0.05, 0) is 47.3 Å². The Hall–Kier alpha value is 0.620. The molecule has 1 fully saturated rings. The van der Waals surface area contributed by atoms with Crippen molar-refractivity contribution in [2.75, 3.05) is 18.4 Å². The third kappa shape index (κ3) is 3.55. The molecule has 4 heteroatoms. The quantitative estimate of drug-likeness (QED) is 0.737. The Morgan fingerprint density at radius 2 is 2.40 bits per heavy atom. The molecule has 1 nitrogen and oxygen atoms in total. The first-order valence-corrected chi connectivity index (χ1v) is 8.08. The van der Waals surface area contributed by atoms with Crippen molar-refractivity contribution in [3.8, 4) is 0 Å². The second-order valence-electron chi connectivity index (χ2n) is 4.10. The van der Waals surface area contributed by atoms with E-state index >= 15 is 0 Å². The standard InChI is InChI=1S/C11H15Br2NS/c12-3-1-9-2-4-14(6-9)7-11-5-10(13)8-15-11/h5,8-9H,1-4,6-7H2. The van der Waals surface area contributed by atoms with Crippen LogP contribution in [0.2, 0.25) is 0 Å². The van der Waals surface area contributed by atoms with Crippen molar-refractivity contribution in [1.82, 2.24) is 4.90 Å². The molecule has 15 heavy (non-hydrogen) atoms. The van der Waals surface area contributed by atoms with E-state index in [0.717, 1.165) is 17.8 Å². The van der Waals surface area contributed by atoms with Crippen LogP contribution in [0.5, 0.6) is 0 Å². The Labute approximate surface area is 112 Å². The van der Waals surface area contributed by atoms with Gasteiger partial charge in [0.05, 0.1) is 0 Å². The van der Waals surface area contributed by atoms with Crippen molar-refractivity contribution >= 4 is 43.2 Å². The van der Waals surface area contributed by atoms with Crippen LogP contribution in [0.3, 0.4) is 0 Å². The van der Waals surface area contributed by atoms with E-state index in [2.05, 4.69) is 48.2 Å². The van der Waals surface area contributed by atoms with E-state index < -0.39 is 0 Å². The van der Waals surface area contributed by atoms with Crippen molar-refractivity contribution in [2.45, 2.75) is 19.4 Å². The van der Waals surface area contributed by atoms with Crippen LogP contribution >= 0.6 is 43.2 Å². The third-order valence-corrected chi connectivity index (χ3v) is 5.03. The lowest BCUT2D eigenvalue weighted by Crippen LogP contribution is -2.19. The number of hydrogen-bond donors (Lipinski definition) is 0. The number of halogens is 2. The van der Waals surface area contributed by atoms with Crippen molar-refractivity contribution in [3.05, 3.63) is 20.8 Å². The largest absolute Gasteiger partial charge is 0.298 e.